The van der Waals surface area contributed by atoms with Crippen LogP contribution in [-0.2, 0) is 6.54 Å². The molecular formula is C20H18FN5O2. The number of aromatic nitrogens is 3. The van der Waals surface area contributed by atoms with E-state index in [1.54, 1.807) is 17.0 Å². The molecule has 0 spiro atoms. The molecule has 2 heterocycles. The monoisotopic (exact) mass is 379 g/mol. The van der Waals surface area contributed by atoms with Gasteiger partial charge in [-0.25, -0.2) is 4.39 Å². The smallest absolute Gasteiger partial charge is 0.286 e. The Bertz CT molecular complexity index is 1070. The first kappa shape index (κ1) is 17.8. The van der Waals surface area contributed by atoms with Gasteiger partial charge in [0.15, 0.2) is 0 Å². The molecule has 4 rings (SSSR count). The molecule has 0 radical (unpaired) electrons. The average molecular weight is 379 g/mol. The quantitative estimate of drug-likeness (QED) is 0.753. The molecule has 0 fully saturated rings. The average Bonchev–Trinajstić information content (AvgIpc) is 3.14. The molecule has 0 bridgehead atoms. The van der Waals surface area contributed by atoms with Crippen LogP contribution in [0, 0.1) is 5.82 Å². The van der Waals surface area contributed by atoms with Gasteiger partial charge in [0.2, 0.25) is 11.6 Å². The zero-order valence-electron chi connectivity index (χ0n) is 15.2. The summed E-state index contributed by atoms with van der Waals surface area (Å²) in [7, 11) is 0. The number of carbonyl (C=O) groups is 1. The number of halogens is 1. The van der Waals surface area contributed by atoms with Crippen LogP contribution >= 0.6 is 0 Å². The lowest BCUT2D eigenvalue weighted by Gasteiger charge is -2.17. The topological polar surface area (TPSA) is 80.1 Å². The number of rotatable bonds is 4. The third-order valence-corrected chi connectivity index (χ3v) is 4.72. The van der Waals surface area contributed by atoms with E-state index < -0.39 is 11.5 Å². The molecule has 1 atom stereocenters. The predicted octanol–water partition coefficient (Wildman–Crippen LogP) is 2.42. The summed E-state index contributed by atoms with van der Waals surface area (Å²) < 4.78 is 14.6. The second-order valence-corrected chi connectivity index (χ2v) is 6.54. The summed E-state index contributed by atoms with van der Waals surface area (Å²) in [6.45, 7) is 2.69. The van der Waals surface area contributed by atoms with Crippen molar-refractivity contribution in [3.05, 3.63) is 82.0 Å². The molecule has 0 saturated carbocycles. The van der Waals surface area contributed by atoms with E-state index in [4.69, 9.17) is 0 Å². The lowest BCUT2D eigenvalue weighted by molar-refractivity contribution is 0.0931. The number of fused-ring (bicyclic) bond motifs is 1. The minimum Gasteiger partial charge on any atom is -0.344 e. The third-order valence-electron chi connectivity index (χ3n) is 4.72. The number of hydrogen-bond donors (Lipinski definition) is 1. The van der Waals surface area contributed by atoms with Gasteiger partial charge in [-0.3, -0.25) is 14.2 Å². The number of anilines is 2. The van der Waals surface area contributed by atoms with Gasteiger partial charge in [-0.1, -0.05) is 30.3 Å². The van der Waals surface area contributed by atoms with Crippen LogP contribution in [0.1, 0.15) is 29.0 Å². The maximum atomic E-state index is 13.2. The van der Waals surface area contributed by atoms with Gasteiger partial charge in [-0.15, -0.1) is 10.2 Å². The van der Waals surface area contributed by atoms with Gasteiger partial charge in [-0.2, -0.15) is 0 Å². The molecule has 142 valence electrons. The van der Waals surface area contributed by atoms with E-state index in [0.29, 0.717) is 24.7 Å². The van der Waals surface area contributed by atoms with Crippen LogP contribution in [-0.4, -0.2) is 27.2 Å². The van der Waals surface area contributed by atoms with Crippen molar-refractivity contribution in [1.29, 1.82) is 0 Å². The molecule has 8 heteroatoms. The van der Waals surface area contributed by atoms with Crippen molar-refractivity contribution in [1.82, 2.24) is 20.1 Å². The van der Waals surface area contributed by atoms with Gasteiger partial charge >= 0.3 is 0 Å². The maximum absolute atomic E-state index is 13.2. The number of amides is 1. The van der Waals surface area contributed by atoms with Crippen LogP contribution in [0.5, 0.6) is 0 Å². The second-order valence-electron chi connectivity index (χ2n) is 6.54. The van der Waals surface area contributed by atoms with Gasteiger partial charge in [0.05, 0.1) is 6.04 Å². The van der Waals surface area contributed by atoms with Crippen molar-refractivity contribution in [2.45, 2.75) is 19.5 Å². The van der Waals surface area contributed by atoms with Gasteiger partial charge < -0.3 is 10.2 Å². The Morgan fingerprint density at radius 3 is 2.50 bits per heavy atom. The lowest BCUT2D eigenvalue weighted by Crippen LogP contribution is -2.36. The number of carbonyl (C=O) groups excluding carboxylic acids is 1. The van der Waals surface area contributed by atoms with Crippen LogP contribution < -0.4 is 15.8 Å². The second kappa shape index (κ2) is 7.22. The number of benzene rings is 2. The van der Waals surface area contributed by atoms with Crippen LogP contribution in [0.15, 0.2) is 59.4 Å². The number of nitrogens with one attached hydrogen (secondary N) is 1. The van der Waals surface area contributed by atoms with E-state index in [1.807, 2.05) is 37.3 Å². The summed E-state index contributed by atoms with van der Waals surface area (Å²) in [6.07, 6.45) is 0. The highest BCUT2D eigenvalue weighted by Gasteiger charge is 2.27. The SMILES string of the molecule is CC(NC(=O)c1nnc2n(c1=O)CCN2c1ccc(F)cc1)c1ccccc1. The molecule has 28 heavy (non-hydrogen) atoms. The van der Waals surface area contributed by atoms with Crippen molar-refractivity contribution in [3.63, 3.8) is 0 Å². The molecule has 1 N–H and O–H groups in total. The first-order valence-corrected chi connectivity index (χ1v) is 8.91. The largest absolute Gasteiger partial charge is 0.344 e. The van der Waals surface area contributed by atoms with E-state index in [9.17, 15) is 14.0 Å². The van der Waals surface area contributed by atoms with Crippen LogP contribution in [0.25, 0.3) is 0 Å². The third kappa shape index (κ3) is 3.24. The molecule has 7 nitrogen and oxygen atoms in total. The summed E-state index contributed by atoms with van der Waals surface area (Å²) in [5, 5.41) is 10.7. The molecule has 0 saturated heterocycles. The minimum atomic E-state index is -0.565. The zero-order valence-corrected chi connectivity index (χ0v) is 15.2. The molecule has 1 aliphatic rings. The van der Waals surface area contributed by atoms with Gasteiger partial charge in [-0.05, 0) is 36.8 Å². The van der Waals surface area contributed by atoms with Crippen molar-refractivity contribution >= 4 is 17.5 Å². The molecule has 0 aliphatic carbocycles. The molecule has 2 aromatic carbocycles. The van der Waals surface area contributed by atoms with E-state index >= 15 is 0 Å². The van der Waals surface area contributed by atoms with E-state index in [0.717, 1.165) is 5.56 Å². The fourth-order valence-corrected chi connectivity index (χ4v) is 3.21. The normalized spacial score (nSPS) is 13.9. The minimum absolute atomic E-state index is 0.243. The van der Waals surface area contributed by atoms with Crippen molar-refractivity contribution in [2.24, 2.45) is 0 Å². The van der Waals surface area contributed by atoms with Gasteiger partial charge in [0, 0.05) is 18.8 Å². The van der Waals surface area contributed by atoms with Gasteiger partial charge in [0.25, 0.3) is 11.5 Å². The van der Waals surface area contributed by atoms with E-state index in [-0.39, 0.29) is 17.6 Å². The highest BCUT2D eigenvalue weighted by atomic mass is 19.1. The van der Waals surface area contributed by atoms with Crippen LogP contribution in [0.3, 0.4) is 0 Å². The Hall–Kier alpha value is -3.55. The van der Waals surface area contributed by atoms with Crippen LogP contribution in [0.2, 0.25) is 0 Å². The molecule has 3 aromatic rings. The van der Waals surface area contributed by atoms with Gasteiger partial charge in [0.1, 0.15) is 5.82 Å². The standard InChI is InChI=1S/C20H18FN5O2/c1-13(14-5-3-2-4-6-14)22-18(27)17-19(28)26-12-11-25(20(26)24-23-17)16-9-7-15(21)8-10-16/h2-10,13H,11-12H2,1H3,(H,22,27). The van der Waals surface area contributed by atoms with E-state index in [1.165, 1.54) is 16.7 Å². The molecule has 1 aromatic heterocycles. The summed E-state index contributed by atoms with van der Waals surface area (Å²) in [6, 6.07) is 15.1. The Kier molecular flexibility index (Phi) is 4.60. The Morgan fingerprint density at radius 1 is 1.07 bits per heavy atom. The molecule has 1 aliphatic heterocycles. The summed E-state index contributed by atoms with van der Waals surface area (Å²) >= 11 is 0. The number of hydrogen-bond acceptors (Lipinski definition) is 5. The van der Waals surface area contributed by atoms with E-state index in [2.05, 4.69) is 15.5 Å². The van der Waals surface area contributed by atoms with Crippen molar-refractivity contribution in [3.8, 4) is 0 Å². The summed E-state index contributed by atoms with van der Waals surface area (Å²) in [4.78, 5) is 27.1. The fraction of sp³-hybridized carbons (Fsp3) is 0.200. The Morgan fingerprint density at radius 2 is 1.79 bits per heavy atom. The van der Waals surface area contributed by atoms with Crippen molar-refractivity contribution < 1.29 is 9.18 Å². The highest BCUT2D eigenvalue weighted by Crippen LogP contribution is 2.26. The lowest BCUT2D eigenvalue weighted by atomic mass is 10.1. The zero-order chi connectivity index (χ0) is 19.7. The Balaban J connectivity index is 1.59. The first-order valence-electron chi connectivity index (χ1n) is 8.91. The summed E-state index contributed by atoms with van der Waals surface area (Å²) in [5.74, 6) is -0.570. The molecule has 1 amide bonds. The van der Waals surface area contributed by atoms with Crippen molar-refractivity contribution in [2.75, 3.05) is 11.4 Å². The van der Waals surface area contributed by atoms with Crippen LogP contribution in [0.4, 0.5) is 16.0 Å². The number of nitrogens with zero attached hydrogens (tertiary/aromatic N) is 4. The maximum Gasteiger partial charge on any atom is 0.286 e. The Labute approximate surface area is 160 Å². The summed E-state index contributed by atoms with van der Waals surface area (Å²) in [5.41, 5.74) is 0.892. The molecule has 1 unspecified atom stereocenters. The fourth-order valence-electron chi connectivity index (χ4n) is 3.21. The first-order chi connectivity index (χ1) is 13.5. The highest BCUT2D eigenvalue weighted by molar-refractivity contribution is 5.92. The molecular weight excluding hydrogens is 361 g/mol. The predicted molar refractivity (Wildman–Crippen MR) is 102 cm³/mol.